The van der Waals surface area contributed by atoms with Crippen LogP contribution in [0.3, 0.4) is 0 Å². The van der Waals surface area contributed by atoms with E-state index in [1.54, 1.807) is 42.3 Å². The summed E-state index contributed by atoms with van der Waals surface area (Å²) in [6.45, 7) is 0.364. The molecule has 0 saturated heterocycles. The molecule has 0 spiro atoms. The third kappa shape index (κ3) is 5.44. The average Bonchev–Trinajstić information content (AvgIpc) is 2.60. The quantitative estimate of drug-likeness (QED) is 0.756. The number of benzene rings is 2. The maximum atomic E-state index is 13.7. The van der Waals surface area contributed by atoms with Crippen molar-refractivity contribution in [2.75, 3.05) is 20.7 Å². The van der Waals surface area contributed by atoms with Crippen molar-refractivity contribution in [3.8, 4) is 5.75 Å². The van der Waals surface area contributed by atoms with E-state index in [-0.39, 0.29) is 22.9 Å². The summed E-state index contributed by atoms with van der Waals surface area (Å²) in [6, 6.07) is 11.1. The number of carbonyl (C=O) groups is 2. The summed E-state index contributed by atoms with van der Waals surface area (Å²) < 4.78 is 18.6. The fraction of sp³-hybridized carbons (Fsp3) is 0.222. The molecule has 2 aromatic rings. The minimum absolute atomic E-state index is 0.0104. The highest BCUT2D eigenvalue weighted by Crippen LogP contribution is 2.18. The van der Waals surface area contributed by atoms with Crippen LogP contribution in [0.25, 0.3) is 0 Å². The number of rotatable bonds is 6. The molecule has 0 bridgehead atoms. The van der Waals surface area contributed by atoms with Crippen LogP contribution >= 0.6 is 11.6 Å². The molecular formula is C18H19ClFN3O3. The van der Waals surface area contributed by atoms with Crippen molar-refractivity contribution in [1.29, 1.82) is 0 Å². The van der Waals surface area contributed by atoms with Gasteiger partial charge in [-0.3, -0.25) is 25.3 Å². The number of nitrogens with zero attached hydrogens (tertiary/aromatic N) is 1. The normalized spacial score (nSPS) is 10.5. The molecule has 0 atom stereocenters. The van der Waals surface area contributed by atoms with Gasteiger partial charge in [0.25, 0.3) is 11.8 Å². The Kier molecular flexibility index (Phi) is 6.94. The van der Waals surface area contributed by atoms with Gasteiger partial charge in [-0.2, -0.15) is 0 Å². The summed E-state index contributed by atoms with van der Waals surface area (Å²) in [5.41, 5.74) is 5.58. The minimum Gasteiger partial charge on any atom is -0.494 e. The first-order valence-corrected chi connectivity index (χ1v) is 8.13. The molecular weight excluding hydrogens is 361 g/mol. The van der Waals surface area contributed by atoms with Crippen molar-refractivity contribution in [1.82, 2.24) is 15.8 Å². The third-order valence-corrected chi connectivity index (χ3v) is 3.85. The molecule has 0 aliphatic heterocycles. The van der Waals surface area contributed by atoms with E-state index in [1.165, 1.54) is 19.2 Å². The molecule has 2 aromatic carbocycles. The Balaban J connectivity index is 1.83. The molecule has 0 fully saturated rings. The van der Waals surface area contributed by atoms with Crippen LogP contribution in [-0.2, 0) is 11.3 Å². The van der Waals surface area contributed by atoms with Crippen LogP contribution in [0.4, 0.5) is 4.39 Å². The Labute approximate surface area is 155 Å². The van der Waals surface area contributed by atoms with Crippen LogP contribution < -0.4 is 15.6 Å². The van der Waals surface area contributed by atoms with Gasteiger partial charge in [0.2, 0.25) is 0 Å². The highest BCUT2D eigenvalue weighted by atomic mass is 35.5. The first-order chi connectivity index (χ1) is 12.4. The molecule has 0 aliphatic rings. The molecule has 0 unspecified atom stereocenters. The smallest absolute Gasteiger partial charge is 0.271 e. The second-order valence-corrected chi connectivity index (χ2v) is 6.03. The van der Waals surface area contributed by atoms with Gasteiger partial charge in [-0.25, -0.2) is 4.39 Å². The molecule has 0 radical (unpaired) electrons. The molecule has 0 aliphatic carbocycles. The van der Waals surface area contributed by atoms with E-state index in [0.717, 1.165) is 0 Å². The van der Waals surface area contributed by atoms with E-state index in [4.69, 9.17) is 16.3 Å². The number of hydrogen-bond donors (Lipinski definition) is 2. The van der Waals surface area contributed by atoms with Crippen molar-refractivity contribution >= 4 is 23.4 Å². The molecule has 2 rings (SSSR count). The SMILES string of the molecule is COc1ccc(CN(C)CC(=O)NNC(=O)c2ccccc2Cl)cc1F. The molecule has 138 valence electrons. The van der Waals surface area contributed by atoms with Gasteiger partial charge in [0.1, 0.15) is 0 Å². The fourth-order valence-corrected chi connectivity index (χ4v) is 2.52. The predicted octanol–water partition coefficient (Wildman–Crippen LogP) is 2.38. The van der Waals surface area contributed by atoms with Gasteiger partial charge >= 0.3 is 0 Å². The largest absolute Gasteiger partial charge is 0.494 e. The van der Waals surface area contributed by atoms with E-state index in [0.29, 0.717) is 12.1 Å². The van der Waals surface area contributed by atoms with Crippen LogP contribution in [-0.4, -0.2) is 37.4 Å². The Hall–Kier alpha value is -2.64. The summed E-state index contributed by atoms with van der Waals surface area (Å²) in [6.07, 6.45) is 0. The molecule has 0 saturated carbocycles. The lowest BCUT2D eigenvalue weighted by molar-refractivity contribution is -0.122. The minimum atomic E-state index is -0.510. The molecule has 0 aromatic heterocycles. The number of carbonyl (C=O) groups excluding carboxylic acids is 2. The number of likely N-dealkylation sites (N-methyl/N-ethyl adjacent to an activating group) is 1. The number of methoxy groups -OCH3 is 1. The second-order valence-electron chi connectivity index (χ2n) is 5.62. The Morgan fingerprint density at radius 2 is 1.92 bits per heavy atom. The maximum absolute atomic E-state index is 13.7. The van der Waals surface area contributed by atoms with E-state index in [9.17, 15) is 14.0 Å². The number of amides is 2. The summed E-state index contributed by atoms with van der Waals surface area (Å²) in [7, 11) is 3.10. The standard InChI is InChI=1S/C18H19ClFN3O3/c1-23(10-12-7-8-16(26-2)15(20)9-12)11-17(24)21-22-18(25)13-5-3-4-6-14(13)19/h3-9H,10-11H2,1-2H3,(H,21,24)(H,22,25). The van der Waals surface area contributed by atoms with Crippen molar-refractivity contribution < 1.29 is 18.7 Å². The number of nitrogens with one attached hydrogen (secondary N) is 2. The molecule has 26 heavy (non-hydrogen) atoms. The molecule has 6 nitrogen and oxygen atoms in total. The summed E-state index contributed by atoms with van der Waals surface area (Å²) >= 11 is 5.92. The van der Waals surface area contributed by atoms with Gasteiger partial charge in [0.15, 0.2) is 11.6 Å². The van der Waals surface area contributed by atoms with E-state index >= 15 is 0 Å². The first-order valence-electron chi connectivity index (χ1n) is 7.75. The van der Waals surface area contributed by atoms with Crippen LogP contribution in [0.1, 0.15) is 15.9 Å². The zero-order chi connectivity index (χ0) is 19.1. The number of hydrazine groups is 1. The van der Waals surface area contributed by atoms with Crippen molar-refractivity contribution in [2.24, 2.45) is 0 Å². The van der Waals surface area contributed by atoms with Gasteiger partial charge in [0.05, 0.1) is 24.2 Å². The predicted molar refractivity (Wildman–Crippen MR) is 96.3 cm³/mol. The number of hydrogen-bond acceptors (Lipinski definition) is 4. The lowest BCUT2D eigenvalue weighted by Gasteiger charge is -2.17. The topological polar surface area (TPSA) is 70.7 Å². The molecule has 8 heteroatoms. The monoisotopic (exact) mass is 379 g/mol. The zero-order valence-electron chi connectivity index (χ0n) is 14.4. The van der Waals surface area contributed by atoms with Crippen LogP contribution in [0.5, 0.6) is 5.75 Å². The lowest BCUT2D eigenvalue weighted by Crippen LogP contribution is -2.45. The molecule has 0 heterocycles. The summed E-state index contributed by atoms with van der Waals surface area (Å²) in [5.74, 6) is -1.22. The maximum Gasteiger partial charge on any atom is 0.271 e. The van der Waals surface area contributed by atoms with Crippen molar-refractivity contribution in [2.45, 2.75) is 6.54 Å². The number of ether oxygens (including phenoxy) is 1. The van der Waals surface area contributed by atoms with E-state index < -0.39 is 17.6 Å². The van der Waals surface area contributed by atoms with Crippen molar-refractivity contribution in [3.05, 3.63) is 64.4 Å². The van der Waals surface area contributed by atoms with Gasteiger partial charge < -0.3 is 4.74 Å². The van der Waals surface area contributed by atoms with Crippen LogP contribution in [0, 0.1) is 5.82 Å². The van der Waals surface area contributed by atoms with Gasteiger partial charge in [0, 0.05) is 6.54 Å². The Bertz CT molecular complexity index is 801. The van der Waals surface area contributed by atoms with Gasteiger partial charge in [-0.1, -0.05) is 29.8 Å². The zero-order valence-corrected chi connectivity index (χ0v) is 15.1. The third-order valence-electron chi connectivity index (χ3n) is 3.52. The first kappa shape index (κ1) is 19.7. The Morgan fingerprint density at radius 3 is 2.58 bits per heavy atom. The lowest BCUT2D eigenvalue weighted by atomic mass is 10.2. The highest BCUT2D eigenvalue weighted by Gasteiger charge is 2.12. The number of halogens is 2. The van der Waals surface area contributed by atoms with Crippen molar-refractivity contribution in [3.63, 3.8) is 0 Å². The fourth-order valence-electron chi connectivity index (χ4n) is 2.30. The van der Waals surface area contributed by atoms with Gasteiger partial charge in [-0.05, 0) is 36.9 Å². The molecule has 2 amide bonds. The van der Waals surface area contributed by atoms with E-state index in [1.807, 2.05) is 0 Å². The summed E-state index contributed by atoms with van der Waals surface area (Å²) in [5, 5.41) is 0.290. The summed E-state index contributed by atoms with van der Waals surface area (Å²) in [4.78, 5) is 25.6. The average molecular weight is 380 g/mol. The highest BCUT2D eigenvalue weighted by molar-refractivity contribution is 6.33. The molecule has 2 N–H and O–H groups in total. The Morgan fingerprint density at radius 1 is 1.19 bits per heavy atom. The van der Waals surface area contributed by atoms with Crippen LogP contribution in [0.2, 0.25) is 5.02 Å². The van der Waals surface area contributed by atoms with Gasteiger partial charge in [-0.15, -0.1) is 0 Å². The van der Waals surface area contributed by atoms with Crippen LogP contribution in [0.15, 0.2) is 42.5 Å². The van der Waals surface area contributed by atoms with E-state index in [2.05, 4.69) is 10.9 Å². The second kappa shape index (κ2) is 9.17.